The smallest absolute Gasteiger partial charge is 0.338 e. The standard InChI is InChI=1S/C22H25N3O10S/c1-14(21(26)23-17-13-16(25(28)29)5-7-18(17)32-2)35-22(27)15-4-6-19(33-3)20(12-15)36(30,31)24-8-10-34-11-9-24/h4-7,12-14H,8-11H2,1-3H3,(H,23,26)/t14-/m1/s1. The number of non-ortho nitro benzene ring substituents is 1. The van der Waals surface area contributed by atoms with Crippen LogP contribution >= 0.6 is 0 Å². The third-order valence-corrected chi connectivity index (χ3v) is 7.21. The molecule has 13 nitrogen and oxygen atoms in total. The third-order valence-electron chi connectivity index (χ3n) is 5.29. The molecule has 2 aromatic carbocycles. The summed E-state index contributed by atoms with van der Waals surface area (Å²) in [6.07, 6.45) is -1.33. The minimum atomic E-state index is -3.99. The summed E-state index contributed by atoms with van der Waals surface area (Å²) in [7, 11) is -1.36. The second kappa shape index (κ2) is 11.3. The zero-order valence-corrected chi connectivity index (χ0v) is 20.6. The molecule has 1 aliphatic heterocycles. The first kappa shape index (κ1) is 26.8. The van der Waals surface area contributed by atoms with Crippen LogP contribution in [0, 0.1) is 10.1 Å². The lowest BCUT2D eigenvalue weighted by molar-refractivity contribution is -0.384. The fourth-order valence-electron chi connectivity index (χ4n) is 3.36. The van der Waals surface area contributed by atoms with Crippen molar-refractivity contribution in [1.82, 2.24) is 4.31 Å². The molecule has 194 valence electrons. The minimum absolute atomic E-state index is 0.0166. The normalized spacial score (nSPS) is 15.0. The van der Waals surface area contributed by atoms with Crippen molar-refractivity contribution in [1.29, 1.82) is 0 Å². The second-order valence-corrected chi connectivity index (χ2v) is 9.47. The van der Waals surface area contributed by atoms with E-state index in [4.69, 9.17) is 18.9 Å². The highest BCUT2D eigenvalue weighted by Crippen LogP contribution is 2.30. The summed E-state index contributed by atoms with van der Waals surface area (Å²) in [5.74, 6) is -1.52. The maximum atomic E-state index is 13.1. The topological polar surface area (TPSA) is 164 Å². The Balaban J connectivity index is 1.78. The van der Waals surface area contributed by atoms with E-state index < -0.39 is 32.9 Å². The summed E-state index contributed by atoms with van der Waals surface area (Å²) >= 11 is 0. The molecule has 14 heteroatoms. The van der Waals surface area contributed by atoms with Crippen molar-refractivity contribution in [2.75, 3.05) is 45.8 Å². The van der Waals surface area contributed by atoms with Crippen LogP contribution in [0.5, 0.6) is 11.5 Å². The summed E-state index contributed by atoms with van der Waals surface area (Å²) < 4.78 is 48.2. The highest BCUT2D eigenvalue weighted by molar-refractivity contribution is 7.89. The molecule has 3 rings (SSSR count). The lowest BCUT2D eigenvalue weighted by Gasteiger charge is -2.26. The number of rotatable bonds is 9. The predicted octanol–water partition coefficient (Wildman–Crippen LogP) is 1.82. The first-order chi connectivity index (χ1) is 17.1. The third kappa shape index (κ3) is 5.90. The molecule has 1 atom stereocenters. The second-order valence-electron chi connectivity index (χ2n) is 7.56. The van der Waals surface area contributed by atoms with Crippen LogP contribution in [0.15, 0.2) is 41.3 Å². The van der Waals surface area contributed by atoms with Crippen LogP contribution in [0.3, 0.4) is 0 Å². The van der Waals surface area contributed by atoms with Gasteiger partial charge in [0.05, 0.1) is 43.6 Å². The van der Waals surface area contributed by atoms with Crippen molar-refractivity contribution in [3.63, 3.8) is 0 Å². The predicted molar refractivity (Wildman–Crippen MR) is 126 cm³/mol. The number of nitrogens with one attached hydrogen (secondary N) is 1. The molecule has 0 radical (unpaired) electrons. The summed E-state index contributed by atoms with van der Waals surface area (Å²) in [6.45, 7) is 2.08. The van der Waals surface area contributed by atoms with E-state index >= 15 is 0 Å². The zero-order valence-electron chi connectivity index (χ0n) is 19.8. The number of nitro benzene ring substituents is 1. The maximum absolute atomic E-state index is 13.1. The van der Waals surface area contributed by atoms with Crippen molar-refractivity contribution in [2.45, 2.75) is 17.9 Å². The monoisotopic (exact) mass is 523 g/mol. The Morgan fingerprint density at radius 2 is 1.72 bits per heavy atom. The van der Waals surface area contributed by atoms with Crippen molar-refractivity contribution >= 4 is 33.3 Å². The maximum Gasteiger partial charge on any atom is 0.338 e. The Bertz CT molecular complexity index is 1260. The quantitative estimate of drug-likeness (QED) is 0.291. The molecule has 0 spiro atoms. The molecule has 2 aromatic rings. The van der Waals surface area contributed by atoms with E-state index in [1.165, 1.54) is 49.7 Å². The molecule has 0 saturated carbocycles. The molecule has 1 heterocycles. The summed E-state index contributed by atoms with van der Waals surface area (Å²) in [5, 5.41) is 13.5. The average molecular weight is 524 g/mol. The average Bonchev–Trinajstić information content (AvgIpc) is 2.88. The highest BCUT2D eigenvalue weighted by atomic mass is 32.2. The number of hydrogen-bond acceptors (Lipinski definition) is 10. The van der Waals surface area contributed by atoms with Gasteiger partial charge in [-0.05, 0) is 31.2 Å². The Morgan fingerprint density at radius 1 is 1.08 bits per heavy atom. The number of anilines is 1. The summed E-state index contributed by atoms with van der Waals surface area (Å²) in [4.78, 5) is 35.5. The molecular weight excluding hydrogens is 498 g/mol. The van der Waals surface area contributed by atoms with Crippen molar-refractivity contribution in [2.24, 2.45) is 0 Å². The van der Waals surface area contributed by atoms with Gasteiger partial charge in [0.1, 0.15) is 16.4 Å². The van der Waals surface area contributed by atoms with Crippen molar-refractivity contribution < 1.29 is 41.9 Å². The van der Waals surface area contributed by atoms with Crippen LogP contribution in [-0.4, -0.2) is 76.1 Å². The van der Waals surface area contributed by atoms with Gasteiger partial charge >= 0.3 is 5.97 Å². The Labute approximate surface area is 207 Å². The van der Waals surface area contributed by atoms with Crippen LogP contribution in [0.25, 0.3) is 0 Å². The largest absolute Gasteiger partial charge is 0.495 e. The highest BCUT2D eigenvalue weighted by Gasteiger charge is 2.31. The Morgan fingerprint density at radius 3 is 2.33 bits per heavy atom. The number of nitrogens with zero attached hydrogens (tertiary/aromatic N) is 2. The van der Waals surface area contributed by atoms with Crippen LogP contribution in [0.2, 0.25) is 0 Å². The molecule has 1 aliphatic rings. The van der Waals surface area contributed by atoms with Crippen molar-refractivity contribution in [3.8, 4) is 11.5 Å². The molecule has 1 amide bonds. The van der Waals surface area contributed by atoms with Gasteiger partial charge in [-0.15, -0.1) is 0 Å². The number of ether oxygens (including phenoxy) is 4. The van der Waals surface area contributed by atoms with Crippen molar-refractivity contribution in [3.05, 3.63) is 52.1 Å². The number of carbonyl (C=O) groups excluding carboxylic acids is 2. The van der Waals surface area contributed by atoms with E-state index in [-0.39, 0.29) is 59.6 Å². The number of nitro groups is 1. The molecule has 36 heavy (non-hydrogen) atoms. The summed E-state index contributed by atoms with van der Waals surface area (Å²) in [5.41, 5.74) is -0.374. The summed E-state index contributed by atoms with van der Waals surface area (Å²) in [6, 6.07) is 7.40. The lowest BCUT2D eigenvalue weighted by Crippen LogP contribution is -2.40. The number of amides is 1. The minimum Gasteiger partial charge on any atom is -0.495 e. The zero-order chi connectivity index (χ0) is 26.5. The fourth-order valence-corrected chi connectivity index (χ4v) is 4.94. The van der Waals surface area contributed by atoms with E-state index in [0.29, 0.717) is 0 Å². The van der Waals surface area contributed by atoms with Gasteiger partial charge in [0.15, 0.2) is 6.10 Å². The molecule has 0 aliphatic carbocycles. The van der Waals surface area contributed by atoms with Gasteiger partial charge in [-0.25, -0.2) is 13.2 Å². The van der Waals surface area contributed by atoms with E-state index in [0.717, 1.165) is 12.1 Å². The molecular formula is C22H25N3O10S. The molecule has 1 fully saturated rings. The number of sulfonamides is 1. The number of carbonyl (C=O) groups is 2. The number of methoxy groups -OCH3 is 2. The van der Waals surface area contributed by atoms with Crippen LogP contribution in [0.4, 0.5) is 11.4 Å². The Hall–Kier alpha value is -3.75. The number of hydrogen-bond donors (Lipinski definition) is 1. The SMILES string of the molecule is COc1ccc([N+](=O)[O-])cc1NC(=O)[C@@H](C)OC(=O)c1ccc(OC)c(S(=O)(=O)N2CCOCC2)c1. The van der Waals surface area contributed by atoms with E-state index in [1.54, 1.807) is 0 Å². The number of benzene rings is 2. The molecule has 0 aromatic heterocycles. The lowest BCUT2D eigenvalue weighted by atomic mass is 10.2. The van der Waals surface area contributed by atoms with E-state index in [1.807, 2.05) is 0 Å². The van der Waals surface area contributed by atoms with Crippen LogP contribution < -0.4 is 14.8 Å². The van der Waals surface area contributed by atoms with E-state index in [2.05, 4.69) is 5.32 Å². The van der Waals surface area contributed by atoms with Gasteiger partial charge in [-0.3, -0.25) is 14.9 Å². The first-order valence-electron chi connectivity index (χ1n) is 10.7. The van der Waals surface area contributed by atoms with Crippen LogP contribution in [0.1, 0.15) is 17.3 Å². The molecule has 1 saturated heterocycles. The van der Waals surface area contributed by atoms with Gasteiger partial charge in [0, 0.05) is 25.2 Å². The van der Waals surface area contributed by atoms with Gasteiger partial charge in [0.25, 0.3) is 11.6 Å². The number of morpholine rings is 1. The molecule has 1 N–H and O–H groups in total. The molecule has 0 unspecified atom stereocenters. The molecule has 0 bridgehead atoms. The van der Waals surface area contributed by atoms with Crippen LogP contribution in [-0.2, 0) is 24.3 Å². The van der Waals surface area contributed by atoms with Gasteiger partial charge in [-0.2, -0.15) is 4.31 Å². The van der Waals surface area contributed by atoms with Gasteiger partial charge < -0.3 is 24.3 Å². The first-order valence-corrected chi connectivity index (χ1v) is 12.1. The van der Waals surface area contributed by atoms with Gasteiger partial charge in [-0.1, -0.05) is 0 Å². The Kier molecular flexibility index (Phi) is 8.45. The number of esters is 1. The fraction of sp³-hybridized carbons (Fsp3) is 0.364. The van der Waals surface area contributed by atoms with Gasteiger partial charge in [0.2, 0.25) is 10.0 Å². The van der Waals surface area contributed by atoms with E-state index in [9.17, 15) is 28.1 Å².